The van der Waals surface area contributed by atoms with Crippen molar-refractivity contribution in [2.24, 2.45) is 0 Å². The van der Waals surface area contributed by atoms with E-state index >= 15 is 0 Å². The van der Waals surface area contributed by atoms with E-state index in [2.05, 4.69) is 5.32 Å². The van der Waals surface area contributed by atoms with Gasteiger partial charge in [-0.15, -0.1) is 0 Å². The fourth-order valence-corrected chi connectivity index (χ4v) is 1.50. The molecule has 1 atom stereocenters. The minimum atomic E-state index is -0.556. The Balaban J connectivity index is 1.73. The van der Waals surface area contributed by atoms with Gasteiger partial charge in [-0.1, -0.05) is 6.07 Å². The molecule has 94 valence electrons. The Kier molecular flexibility index (Phi) is 3.97. The molecule has 2 rings (SSSR count). The number of halogens is 1. The number of hydrogen-bond acceptors (Lipinski definition) is 3. The van der Waals surface area contributed by atoms with Crippen LogP contribution >= 0.6 is 0 Å². The first-order chi connectivity index (χ1) is 8.15. The van der Waals surface area contributed by atoms with Crippen molar-refractivity contribution in [2.45, 2.75) is 31.9 Å². The topological polar surface area (TPSA) is 41.5 Å². The molecule has 0 heterocycles. The lowest BCUT2D eigenvalue weighted by molar-refractivity contribution is 0.106. The summed E-state index contributed by atoms with van der Waals surface area (Å²) < 4.78 is 18.5. The van der Waals surface area contributed by atoms with Crippen LogP contribution < -0.4 is 10.1 Å². The van der Waals surface area contributed by atoms with Crippen molar-refractivity contribution >= 4 is 0 Å². The average Bonchev–Trinajstić information content (AvgIpc) is 3.12. The third-order valence-corrected chi connectivity index (χ3v) is 2.81. The van der Waals surface area contributed by atoms with Crippen molar-refractivity contribution < 1.29 is 14.2 Å². The van der Waals surface area contributed by atoms with Crippen LogP contribution in [0.25, 0.3) is 0 Å². The molecule has 1 unspecified atom stereocenters. The molecule has 1 saturated carbocycles. The van der Waals surface area contributed by atoms with Gasteiger partial charge in [-0.05, 0) is 31.4 Å². The fraction of sp³-hybridized carbons (Fsp3) is 0.538. The van der Waals surface area contributed by atoms with Crippen LogP contribution in [0.4, 0.5) is 4.39 Å². The number of aryl methyl sites for hydroxylation is 1. The molecule has 1 aliphatic rings. The van der Waals surface area contributed by atoms with Gasteiger partial charge in [0.05, 0.1) is 0 Å². The molecule has 1 aliphatic carbocycles. The summed E-state index contributed by atoms with van der Waals surface area (Å²) in [6.45, 7) is 2.41. The molecule has 0 aromatic heterocycles. The van der Waals surface area contributed by atoms with Gasteiger partial charge in [0.2, 0.25) is 0 Å². The minimum Gasteiger partial charge on any atom is -0.491 e. The zero-order valence-electron chi connectivity index (χ0n) is 9.95. The standard InChI is InChI=1S/C13H18FNO2/c1-9-2-5-12(6-13(9)14)17-8-11(16)7-15-10-3-4-10/h2,5-6,10-11,15-16H,3-4,7-8H2,1H3. The Morgan fingerprint density at radius 2 is 2.29 bits per heavy atom. The van der Waals surface area contributed by atoms with E-state index in [1.54, 1.807) is 19.1 Å². The molecule has 1 fully saturated rings. The lowest BCUT2D eigenvalue weighted by atomic mass is 10.2. The quantitative estimate of drug-likeness (QED) is 0.792. The van der Waals surface area contributed by atoms with Crippen LogP contribution in [0, 0.1) is 12.7 Å². The van der Waals surface area contributed by atoms with E-state index in [1.807, 2.05) is 0 Å². The maximum atomic E-state index is 13.2. The molecular weight excluding hydrogens is 221 g/mol. The lowest BCUT2D eigenvalue weighted by Crippen LogP contribution is -2.32. The zero-order chi connectivity index (χ0) is 12.3. The molecular formula is C13H18FNO2. The number of hydrogen-bond donors (Lipinski definition) is 2. The molecule has 3 nitrogen and oxygen atoms in total. The van der Waals surface area contributed by atoms with Crippen LogP contribution in [-0.2, 0) is 0 Å². The molecule has 2 N–H and O–H groups in total. The molecule has 4 heteroatoms. The first-order valence-corrected chi connectivity index (χ1v) is 5.95. The van der Waals surface area contributed by atoms with Crippen molar-refractivity contribution in [3.63, 3.8) is 0 Å². The van der Waals surface area contributed by atoms with Crippen molar-refractivity contribution in [1.82, 2.24) is 5.32 Å². The van der Waals surface area contributed by atoms with Crippen molar-refractivity contribution in [2.75, 3.05) is 13.2 Å². The van der Waals surface area contributed by atoms with Gasteiger partial charge in [0, 0.05) is 18.7 Å². The number of ether oxygens (including phenoxy) is 1. The molecule has 17 heavy (non-hydrogen) atoms. The zero-order valence-corrected chi connectivity index (χ0v) is 9.95. The second-order valence-corrected chi connectivity index (χ2v) is 4.56. The summed E-state index contributed by atoms with van der Waals surface area (Å²) >= 11 is 0. The highest BCUT2D eigenvalue weighted by atomic mass is 19.1. The van der Waals surface area contributed by atoms with Crippen molar-refractivity contribution in [3.8, 4) is 5.75 Å². The monoisotopic (exact) mass is 239 g/mol. The second-order valence-electron chi connectivity index (χ2n) is 4.56. The van der Waals surface area contributed by atoms with Gasteiger partial charge < -0.3 is 15.2 Å². The van der Waals surface area contributed by atoms with Crippen LogP contribution in [0.15, 0.2) is 18.2 Å². The Bertz CT molecular complexity index is 380. The van der Waals surface area contributed by atoms with Crippen molar-refractivity contribution in [3.05, 3.63) is 29.6 Å². The minimum absolute atomic E-state index is 0.183. The summed E-state index contributed by atoms with van der Waals surface area (Å²) in [6, 6.07) is 5.29. The summed E-state index contributed by atoms with van der Waals surface area (Å²) in [4.78, 5) is 0. The number of nitrogens with one attached hydrogen (secondary N) is 1. The van der Waals surface area contributed by atoms with E-state index in [9.17, 15) is 9.50 Å². The Labute approximate surface area is 101 Å². The number of rotatable bonds is 6. The van der Waals surface area contributed by atoms with E-state index in [1.165, 1.54) is 18.9 Å². The Morgan fingerprint density at radius 1 is 1.53 bits per heavy atom. The highest BCUT2D eigenvalue weighted by Gasteiger charge is 2.21. The normalized spacial score (nSPS) is 16.9. The molecule has 0 saturated heterocycles. The van der Waals surface area contributed by atoms with Gasteiger partial charge >= 0.3 is 0 Å². The Hall–Kier alpha value is -1.13. The summed E-state index contributed by atoms with van der Waals surface area (Å²) in [5.41, 5.74) is 0.591. The smallest absolute Gasteiger partial charge is 0.129 e. The summed E-state index contributed by atoms with van der Waals surface area (Å²) in [5, 5.41) is 12.8. The van der Waals surface area contributed by atoms with Gasteiger partial charge in [-0.2, -0.15) is 0 Å². The molecule has 1 aromatic rings. The summed E-state index contributed by atoms with van der Waals surface area (Å²) in [7, 11) is 0. The largest absolute Gasteiger partial charge is 0.491 e. The SMILES string of the molecule is Cc1ccc(OCC(O)CNC2CC2)cc1F. The van der Waals surface area contributed by atoms with Crippen LogP contribution in [0.5, 0.6) is 5.75 Å². The van der Waals surface area contributed by atoms with Crippen molar-refractivity contribution in [1.29, 1.82) is 0 Å². The van der Waals surface area contributed by atoms with Gasteiger partial charge in [0.15, 0.2) is 0 Å². The molecule has 0 amide bonds. The molecule has 1 aromatic carbocycles. The highest BCUT2D eigenvalue weighted by Crippen LogP contribution is 2.18. The molecule has 0 radical (unpaired) electrons. The van der Waals surface area contributed by atoms with Gasteiger partial charge in [0.1, 0.15) is 24.3 Å². The van der Waals surface area contributed by atoms with Crippen LogP contribution in [-0.4, -0.2) is 30.4 Å². The average molecular weight is 239 g/mol. The van der Waals surface area contributed by atoms with E-state index in [-0.39, 0.29) is 12.4 Å². The maximum absolute atomic E-state index is 13.2. The third kappa shape index (κ3) is 3.98. The van der Waals surface area contributed by atoms with E-state index in [0.717, 1.165) is 0 Å². The predicted molar refractivity (Wildman–Crippen MR) is 63.7 cm³/mol. The fourth-order valence-electron chi connectivity index (χ4n) is 1.50. The van der Waals surface area contributed by atoms with Gasteiger partial charge in [-0.3, -0.25) is 0 Å². The van der Waals surface area contributed by atoms with E-state index in [4.69, 9.17) is 4.74 Å². The number of aliphatic hydroxyl groups excluding tert-OH is 1. The van der Waals surface area contributed by atoms with Crippen LogP contribution in [0.3, 0.4) is 0 Å². The maximum Gasteiger partial charge on any atom is 0.129 e. The molecule has 0 spiro atoms. The summed E-state index contributed by atoms with van der Waals surface area (Å²) in [5.74, 6) is 0.173. The molecule has 0 aliphatic heterocycles. The van der Waals surface area contributed by atoms with Crippen LogP contribution in [0.2, 0.25) is 0 Å². The van der Waals surface area contributed by atoms with Gasteiger partial charge in [0.25, 0.3) is 0 Å². The molecule has 0 bridgehead atoms. The first-order valence-electron chi connectivity index (χ1n) is 5.95. The van der Waals surface area contributed by atoms with Gasteiger partial charge in [-0.25, -0.2) is 4.39 Å². The predicted octanol–water partition coefficient (Wildman–Crippen LogP) is 1.63. The second kappa shape index (κ2) is 5.47. The third-order valence-electron chi connectivity index (χ3n) is 2.81. The van der Waals surface area contributed by atoms with Crippen LogP contribution in [0.1, 0.15) is 18.4 Å². The highest BCUT2D eigenvalue weighted by molar-refractivity contribution is 5.27. The number of benzene rings is 1. The Morgan fingerprint density at radius 3 is 2.94 bits per heavy atom. The van der Waals surface area contributed by atoms with E-state index < -0.39 is 6.10 Å². The van der Waals surface area contributed by atoms with E-state index in [0.29, 0.717) is 23.9 Å². The lowest BCUT2D eigenvalue weighted by Gasteiger charge is -2.13. The first kappa shape index (κ1) is 12.3. The summed E-state index contributed by atoms with van der Waals surface area (Å²) in [6.07, 6.45) is 1.83. The number of aliphatic hydroxyl groups is 1.